The molecule has 1 aromatic rings. The molecular formula is C11H17N3. The monoisotopic (exact) mass is 191 g/mol. The van der Waals surface area contributed by atoms with Crippen molar-refractivity contribution < 1.29 is 0 Å². The van der Waals surface area contributed by atoms with Crippen molar-refractivity contribution in [1.82, 2.24) is 9.88 Å². The lowest BCUT2D eigenvalue weighted by atomic mass is 10.0. The van der Waals surface area contributed by atoms with Gasteiger partial charge in [0.1, 0.15) is 0 Å². The van der Waals surface area contributed by atoms with E-state index in [2.05, 4.69) is 34.9 Å². The minimum Gasteiger partial charge on any atom is -0.372 e. The van der Waals surface area contributed by atoms with Crippen molar-refractivity contribution in [1.29, 1.82) is 0 Å². The zero-order valence-corrected chi connectivity index (χ0v) is 8.85. The molecule has 76 valence electrons. The molecule has 0 N–H and O–H groups in total. The van der Waals surface area contributed by atoms with E-state index in [1.54, 1.807) is 0 Å². The molecule has 1 aliphatic heterocycles. The molecule has 1 aliphatic rings. The molecule has 0 unspecified atom stereocenters. The highest BCUT2D eigenvalue weighted by Crippen LogP contribution is 2.18. The zero-order chi connectivity index (χ0) is 9.97. The Morgan fingerprint density at radius 3 is 3.00 bits per heavy atom. The summed E-state index contributed by atoms with van der Waals surface area (Å²) in [4.78, 5) is 8.79. The lowest BCUT2D eigenvalue weighted by Crippen LogP contribution is -2.50. The van der Waals surface area contributed by atoms with Crippen molar-refractivity contribution in [2.45, 2.75) is 12.5 Å². The van der Waals surface area contributed by atoms with Crippen LogP contribution in [0.5, 0.6) is 0 Å². The maximum atomic E-state index is 4.12. The molecule has 0 amide bonds. The predicted octanol–water partition coefficient (Wildman–Crippen LogP) is 1.22. The third-order valence-electron chi connectivity index (χ3n) is 3.01. The molecule has 0 bridgehead atoms. The molecule has 0 aromatic carbocycles. The Bertz CT molecular complexity index is 286. The number of hydrogen-bond donors (Lipinski definition) is 0. The zero-order valence-electron chi connectivity index (χ0n) is 8.85. The molecule has 0 spiro atoms. The normalized spacial score (nSPS) is 21.7. The lowest BCUT2D eigenvalue weighted by Gasteiger charge is -2.40. The number of hydrogen-bond acceptors (Lipinski definition) is 3. The summed E-state index contributed by atoms with van der Waals surface area (Å²) in [5.41, 5.74) is 1.20. The van der Waals surface area contributed by atoms with Crippen molar-refractivity contribution in [2.24, 2.45) is 0 Å². The van der Waals surface area contributed by atoms with E-state index in [1.165, 1.54) is 18.7 Å². The quantitative estimate of drug-likeness (QED) is 0.716. The van der Waals surface area contributed by atoms with Crippen LogP contribution in [0, 0.1) is 0 Å². The van der Waals surface area contributed by atoms with Gasteiger partial charge in [-0.05, 0) is 32.1 Å². The summed E-state index contributed by atoms with van der Waals surface area (Å²) in [5, 5.41) is 0. The largest absolute Gasteiger partial charge is 0.372 e. The molecule has 3 nitrogen and oxygen atoms in total. The first kappa shape index (κ1) is 9.46. The van der Waals surface area contributed by atoms with Crippen LogP contribution in [0.25, 0.3) is 0 Å². The molecule has 0 aliphatic carbocycles. The van der Waals surface area contributed by atoms with Gasteiger partial charge in [0.25, 0.3) is 0 Å². The van der Waals surface area contributed by atoms with Crippen LogP contribution in [0.4, 0.5) is 5.69 Å². The number of rotatable bonds is 3. The van der Waals surface area contributed by atoms with Gasteiger partial charge in [0, 0.05) is 25.8 Å². The fourth-order valence-corrected chi connectivity index (χ4v) is 1.80. The highest BCUT2D eigenvalue weighted by Gasteiger charge is 2.24. The highest BCUT2D eigenvalue weighted by atomic mass is 15.2. The maximum Gasteiger partial charge on any atom is 0.0550 e. The van der Waals surface area contributed by atoms with Gasteiger partial charge in [0.15, 0.2) is 0 Å². The smallest absolute Gasteiger partial charge is 0.0550 e. The van der Waals surface area contributed by atoms with Crippen LogP contribution < -0.4 is 4.90 Å². The summed E-state index contributed by atoms with van der Waals surface area (Å²) in [6.07, 6.45) is 5.05. The molecule has 1 saturated heterocycles. The van der Waals surface area contributed by atoms with Gasteiger partial charge in [-0.15, -0.1) is 0 Å². The molecule has 2 rings (SSSR count). The van der Waals surface area contributed by atoms with Crippen molar-refractivity contribution in [3.63, 3.8) is 0 Å². The number of pyridine rings is 1. The van der Waals surface area contributed by atoms with E-state index in [-0.39, 0.29) is 0 Å². The first-order valence-corrected chi connectivity index (χ1v) is 5.09. The Morgan fingerprint density at radius 2 is 2.50 bits per heavy atom. The molecular weight excluding hydrogens is 174 g/mol. The van der Waals surface area contributed by atoms with Gasteiger partial charge in [-0.1, -0.05) is 0 Å². The van der Waals surface area contributed by atoms with Crippen LogP contribution in [-0.4, -0.2) is 43.1 Å². The maximum absolute atomic E-state index is 4.12. The Kier molecular flexibility index (Phi) is 2.68. The van der Waals surface area contributed by atoms with Crippen LogP contribution in [0.3, 0.4) is 0 Å². The summed E-state index contributed by atoms with van der Waals surface area (Å²) in [7, 11) is 4.31. The van der Waals surface area contributed by atoms with Gasteiger partial charge in [0.2, 0.25) is 0 Å². The SMILES string of the molecule is CN(C[C@@H]1CCN1C)c1cccnc1. The van der Waals surface area contributed by atoms with E-state index in [9.17, 15) is 0 Å². The minimum atomic E-state index is 0.722. The molecule has 0 radical (unpaired) electrons. The topological polar surface area (TPSA) is 19.4 Å². The predicted molar refractivity (Wildman–Crippen MR) is 58.5 cm³/mol. The summed E-state index contributed by atoms with van der Waals surface area (Å²) in [6.45, 7) is 2.34. The molecule has 0 saturated carbocycles. The average molecular weight is 191 g/mol. The molecule has 1 aromatic heterocycles. The highest BCUT2D eigenvalue weighted by molar-refractivity contribution is 5.42. The van der Waals surface area contributed by atoms with Crippen molar-refractivity contribution in [3.05, 3.63) is 24.5 Å². The Labute approximate surface area is 85.4 Å². The van der Waals surface area contributed by atoms with Crippen molar-refractivity contribution in [3.8, 4) is 0 Å². The molecule has 14 heavy (non-hydrogen) atoms. The number of likely N-dealkylation sites (N-methyl/N-ethyl adjacent to an activating group) is 2. The van der Waals surface area contributed by atoms with Gasteiger partial charge in [-0.2, -0.15) is 0 Å². The summed E-state index contributed by atoms with van der Waals surface area (Å²) in [6, 6.07) is 4.81. The molecule has 1 atom stereocenters. The second-order valence-corrected chi connectivity index (χ2v) is 4.01. The van der Waals surface area contributed by atoms with E-state index in [0.717, 1.165) is 12.6 Å². The first-order valence-electron chi connectivity index (χ1n) is 5.09. The van der Waals surface area contributed by atoms with Gasteiger partial charge < -0.3 is 9.80 Å². The number of anilines is 1. The fourth-order valence-electron chi connectivity index (χ4n) is 1.80. The number of nitrogens with zero attached hydrogens (tertiary/aromatic N) is 3. The van der Waals surface area contributed by atoms with E-state index in [4.69, 9.17) is 0 Å². The average Bonchev–Trinajstić information content (AvgIpc) is 2.24. The Hall–Kier alpha value is -1.09. The van der Waals surface area contributed by atoms with E-state index < -0.39 is 0 Å². The van der Waals surface area contributed by atoms with Gasteiger partial charge in [-0.25, -0.2) is 0 Å². The van der Waals surface area contributed by atoms with Crippen LogP contribution in [0.2, 0.25) is 0 Å². The summed E-state index contributed by atoms with van der Waals surface area (Å²) in [5.74, 6) is 0. The van der Waals surface area contributed by atoms with E-state index in [1.807, 2.05) is 18.5 Å². The summed E-state index contributed by atoms with van der Waals surface area (Å²) < 4.78 is 0. The molecule has 2 heterocycles. The van der Waals surface area contributed by atoms with Gasteiger partial charge >= 0.3 is 0 Å². The van der Waals surface area contributed by atoms with Crippen LogP contribution in [-0.2, 0) is 0 Å². The standard InChI is InChI=1S/C11H17N3/c1-13-7-5-11(13)9-14(2)10-4-3-6-12-8-10/h3-4,6,8,11H,5,7,9H2,1-2H3/t11-/m0/s1. The summed E-state index contributed by atoms with van der Waals surface area (Å²) >= 11 is 0. The molecule has 1 fully saturated rings. The number of aromatic nitrogens is 1. The number of likely N-dealkylation sites (tertiary alicyclic amines) is 1. The molecule has 3 heteroatoms. The minimum absolute atomic E-state index is 0.722. The van der Waals surface area contributed by atoms with Crippen LogP contribution in [0.1, 0.15) is 6.42 Å². The van der Waals surface area contributed by atoms with Crippen LogP contribution >= 0.6 is 0 Å². The van der Waals surface area contributed by atoms with E-state index in [0.29, 0.717) is 0 Å². The van der Waals surface area contributed by atoms with Crippen molar-refractivity contribution >= 4 is 5.69 Å². The Balaban J connectivity index is 1.92. The first-order chi connectivity index (χ1) is 6.77. The van der Waals surface area contributed by atoms with Gasteiger partial charge in [0.05, 0.1) is 11.9 Å². The third kappa shape index (κ3) is 1.87. The third-order valence-corrected chi connectivity index (χ3v) is 3.01. The fraction of sp³-hybridized carbons (Fsp3) is 0.545. The van der Waals surface area contributed by atoms with Crippen molar-refractivity contribution in [2.75, 3.05) is 32.1 Å². The van der Waals surface area contributed by atoms with Crippen LogP contribution in [0.15, 0.2) is 24.5 Å². The van der Waals surface area contributed by atoms with Gasteiger partial charge in [-0.3, -0.25) is 4.98 Å². The second-order valence-electron chi connectivity index (χ2n) is 4.01. The second kappa shape index (κ2) is 3.96. The lowest BCUT2D eigenvalue weighted by molar-refractivity contribution is 0.132. The van der Waals surface area contributed by atoms with E-state index >= 15 is 0 Å². The Morgan fingerprint density at radius 1 is 1.64 bits per heavy atom.